The van der Waals surface area contributed by atoms with Crippen molar-refractivity contribution in [2.24, 2.45) is 0 Å². The fraction of sp³-hybridized carbons (Fsp3) is 0.529. The van der Waals surface area contributed by atoms with Crippen molar-refractivity contribution in [2.45, 2.75) is 51.2 Å². The van der Waals surface area contributed by atoms with Gasteiger partial charge in [0.1, 0.15) is 6.10 Å². The van der Waals surface area contributed by atoms with Crippen molar-refractivity contribution in [1.82, 2.24) is 4.90 Å². The Morgan fingerprint density at radius 2 is 1.86 bits per heavy atom. The lowest BCUT2D eigenvalue weighted by atomic mass is 10.0. The number of carboxylic acid groups (broad SMARTS) is 1. The average Bonchev–Trinajstić information content (AvgIpc) is 2.50. The standard InChI is InChI=1S/C17H23NO4/c1-13-15(16(19)22-13)18(17(20)21)12-8-3-2-5-9-14-10-6-4-7-11-14/h4,6-7,10-11,13,15H,2-3,5,8-9,12H2,1H3,(H,20,21)/t13-,15+/m0/s1. The van der Waals surface area contributed by atoms with E-state index in [1.54, 1.807) is 6.92 Å². The number of hydrogen-bond donors (Lipinski definition) is 1. The van der Waals surface area contributed by atoms with Crippen LogP contribution in [0.3, 0.4) is 0 Å². The molecule has 1 aromatic carbocycles. The molecule has 0 radical (unpaired) electrons. The maximum absolute atomic E-state index is 11.4. The van der Waals surface area contributed by atoms with E-state index in [1.807, 2.05) is 18.2 Å². The second kappa shape index (κ2) is 7.82. The monoisotopic (exact) mass is 305 g/mol. The van der Waals surface area contributed by atoms with Crippen molar-refractivity contribution in [3.63, 3.8) is 0 Å². The second-order valence-corrected chi connectivity index (χ2v) is 5.71. The van der Waals surface area contributed by atoms with Gasteiger partial charge in [-0.2, -0.15) is 0 Å². The minimum absolute atomic E-state index is 0.332. The van der Waals surface area contributed by atoms with Gasteiger partial charge in [0.15, 0.2) is 6.04 Å². The summed E-state index contributed by atoms with van der Waals surface area (Å²) in [5.74, 6) is -0.432. The minimum atomic E-state index is -1.04. The van der Waals surface area contributed by atoms with Crippen molar-refractivity contribution in [1.29, 1.82) is 0 Å². The molecule has 2 atom stereocenters. The molecule has 0 aliphatic carbocycles. The number of benzene rings is 1. The number of hydrogen-bond acceptors (Lipinski definition) is 3. The van der Waals surface area contributed by atoms with E-state index in [0.717, 1.165) is 32.1 Å². The first kappa shape index (κ1) is 16.3. The van der Waals surface area contributed by atoms with Gasteiger partial charge in [-0.05, 0) is 31.7 Å². The largest absolute Gasteiger partial charge is 0.465 e. The summed E-state index contributed by atoms with van der Waals surface area (Å²) in [5.41, 5.74) is 1.33. The summed E-state index contributed by atoms with van der Waals surface area (Å²) in [6.07, 6.45) is 3.57. The van der Waals surface area contributed by atoms with Crippen molar-refractivity contribution in [3.8, 4) is 0 Å². The molecular weight excluding hydrogens is 282 g/mol. The van der Waals surface area contributed by atoms with Crippen LogP contribution in [0.5, 0.6) is 0 Å². The summed E-state index contributed by atoms with van der Waals surface area (Å²) in [6.45, 7) is 2.12. The third-order valence-electron chi connectivity index (χ3n) is 4.03. The van der Waals surface area contributed by atoms with E-state index >= 15 is 0 Å². The molecule has 1 saturated heterocycles. The van der Waals surface area contributed by atoms with Crippen LogP contribution in [0.4, 0.5) is 4.79 Å². The number of cyclic esters (lactones) is 1. The van der Waals surface area contributed by atoms with E-state index in [2.05, 4.69) is 12.1 Å². The van der Waals surface area contributed by atoms with Crippen LogP contribution in [-0.4, -0.2) is 40.8 Å². The van der Waals surface area contributed by atoms with Crippen LogP contribution in [0.25, 0.3) is 0 Å². The van der Waals surface area contributed by atoms with Crippen molar-refractivity contribution >= 4 is 12.1 Å². The Morgan fingerprint density at radius 1 is 1.18 bits per heavy atom. The van der Waals surface area contributed by atoms with Gasteiger partial charge < -0.3 is 9.84 Å². The molecule has 5 nitrogen and oxygen atoms in total. The molecule has 0 saturated carbocycles. The lowest BCUT2D eigenvalue weighted by Crippen LogP contribution is -2.60. The van der Waals surface area contributed by atoms with Gasteiger partial charge in [0.2, 0.25) is 0 Å². The van der Waals surface area contributed by atoms with Crippen molar-refractivity contribution in [3.05, 3.63) is 35.9 Å². The Balaban J connectivity index is 1.64. The highest BCUT2D eigenvalue weighted by molar-refractivity contribution is 5.85. The summed E-state index contributed by atoms with van der Waals surface area (Å²) in [5, 5.41) is 9.21. The Kier molecular flexibility index (Phi) is 5.81. The molecule has 1 aromatic rings. The van der Waals surface area contributed by atoms with Crippen LogP contribution >= 0.6 is 0 Å². The highest BCUT2D eigenvalue weighted by atomic mass is 16.6. The van der Waals surface area contributed by atoms with Gasteiger partial charge in [0, 0.05) is 6.54 Å². The van der Waals surface area contributed by atoms with Crippen molar-refractivity contribution in [2.75, 3.05) is 6.54 Å². The Labute approximate surface area is 130 Å². The Morgan fingerprint density at radius 3 is 2.45 bits per heavy atom. The third-order valence-corrected chi connectivity index (χ3v) is 4.03. The first-order chi connectivity index (χ1) is 10.6. The number of rotatable bonds is 8. The quantitative estimate of drug-likeness (QED) is 0.592. The van der Waals surface area contributed by atoms with Gasteiger partial charge in [-0.3, -0.25) is 4.90 Å². The number of carbonyl (C=O) groups is 2. The number of unbranched alkanes of at least 4 members (excludes halogenated alkanes) is 3. The molecule has 1 N–H and O–H groups in total. The molecule has 1 heterocycles. The number of nitrogens with zero attached hydrogens (tertiary/aromatic N) is 1. The molecule has 1 amide bonds. The highest BCUT2D eigenvalue weighted by Gasteiger charge is 2.45. The highest BCUT2D eigenvalue weighted by Crippen LogP contribution is 2.21. The maximum Gasteiger partial charge on any atom is 0.408 e. The van der Waals surface area contributed by atoms with Gasteiger partial charge in [0.05, 0.1) is 0 Å². The van der Waals surface area contributed by atoms with E-state index in [4.69, 9.17) is 4.74 Å². The summed E-state index contributed by atoms with van der Waals surface area (Å²) in [6, 6.07) is 9.71. The predicted octanol–water partition coefficient (Wildman–Crippen LogP) is 3.08. The Bertz CT molecular complexity index is 503. The Hall–Kier alpha value is -2.04. The fourth-order valence-corrected chi connectivity index (χ4v) is 2.78. The summed E-state index contributed by atoms with van der Waals surface area (Å²) in [7, 11) is 0. The lowest BCUT2D eigenvalue weighted by Gasteiger charge is -2.39. The SMILES string of the molecule is C[C@@H]1OC(=O)[C@@H]1N(CCCCCCc1ccccc1)C(=O)O. The summed E-state index contributed by atoms with van der Waals surface area (Å²) >= 11 is 0. The van der Waals surface area contributed by atoms with Gasteiger partial charge in [-0.15, -0.1) is 0 Å². The second-order valence-electron chi connectivity index (χ2n) is 5.71. The van der Waals surface area contributed by atoms with Gasteiger partial charge in [-0.1, -0.05) is 43.2 Å². The van der Waals surface area contributed by atoms with Crippen LogP contribution in [0, 0.1) is 0 Å². The number of ether oxygens (including phenoxy) is 1. The number of esters is 1. The van der Waals surface area contributed by atoms with Crippen LogP contribution in [0.1, 0.15) is 38.2 Å². The minimum Gasteiger partial charge on any atom is -0.465 e. The zero-order valence-corrected chi connectivity index (χ0v) is 12.9. The van der Waals surface area contributed by atoms with Crippen LogP contribution in [0.15, 0.2) is 30.3 Å². The van der Waals surface area contributed by atoms with Gasteiger partial charge >= 0.3 is 12.1 Å². The molecule has 1 fully saturated rings. The van der Waals surface area contributed by atoms with Gasteiger partial charge in [-0.25, -0.2) is 9.59 Å². The summed E-state index contributed by atoms with van der Waals surface area (Å²) in [4.78, 5) is 23.8. The number of aryl methyl sites for hydroxylation is 1. The van der Waals surface area contributed by atoms with E-state index in [1.165, 1.54) is 10.5 Å². The lowest BCUT2D eigenvalue weighted by molar-refractivity contribution is -0.183. The molecule has 120 valence electrons. The number of carbonyl (C=O) groups excluding carboxylic acids is 1. The molecule has 0 aromatic heterocycles. The first-order valence-corrected chi connectivity index (χ1v) is 7.83. The van der Waals surface area contributed by atoms with Crippen LogP contribution < -0.4 is 0 Å². The molecule has 5 heteroatoms. The zero-order valence-electron chi connectivity index (χ0n) is 12.9. The smallest absolute Gasteiger partial charge is 0.408 e. The van der Waals surface area contributed by atoms with Gasteiger partial charge in [0.25, 0.3) is 0 Å². The molecule has 22 heavy (non-hydrogen) atoms. The topological polar surface area (TPSA) is 66.8 Å². The average molecular weight is 305 g/mol. The maximum atomic E-state index is 11.4. The van der Waals surface area contributed by atoms with E-state index in [0.29, 0.717) is 6.54 Å². The molecule has 1 aliphatic rings. The predicted molar refractivity (Wildman–Crippen MR) is 82.7 cm³/mol. The number of amides is 1. The van der Waals surface area contributed by atoms with E-state index in [-0.39, 0.29) is 6.10 Å². The molecule has 0 unspecified atom stereocenters. The summed E-state index contributed by atoms with van der Waals surface area (Å²) < 4.78 is 4.83. The molecule has 0 bridgehead atoms. The zero-order chi connectivity index (χ0) is 15.9. The molecule has 2 rings (SSSR count). The van der Waals surface area contributed by atoms with E-state index < -0.39 is 18.1 Å². The molecule has 1 aliphatic heterocycles. The normalized spacial score (nSPS) is 20.1. The third kappa shape index (κ3) is 4.23. The fourth-order valence-electron chi connectivity index (χ4n) is 2.78. The van der Waals surface area contributed by atoms with Crippen LogP contribution in [-0.2, 0) is 16.0 Å². The molecule has 0 spiro atoms. The van der Waals surface area contributed by atoms with E-state index in [9.17, 15) is 14.7 Å². The van der Waals surface area contributed by atoms with Crippen molar-refractivity contribution < 1.29 is 19.4 Å². The van der Waals surface area contributed by atoms with Crippen LogP contribution in [0.2, 0.25) is 0 Å². The molecular formula is C17H23NO4. The first-order valence-electron chi connectivity index (χ1n) is 7.83.